The monoisotopic (exact) mass is 161 g/mol. The normalized spacial score (nSPS) is 2.33. The second kappa shape index (κ2) is 42.4. The molecular formula is HBrN3NaO. The quantitative estimate of drug-likeness (QED) is 0.193. The molecule has 0 aliphatic heterocycles. The molecular weight excluding hydrogens is 161 g/mol. The Morgan fingerprint density at radius 2 is 1.33 bits per heavy atom. The van der Waals surface area contributed by atoms with Gasteiger partial charge in [-0.15, -0.1) is 0 Å². The van der Waals surface area contributed by atoms with Crippen molar-refractivity contribution in [3.8, 4) is 0 Å². The third-order valence-corrected chi connectivity index (χ3v) is 0. The molecule has 0 aromatic rings. The predicted octanol–water partition coefficient (Wildman–Crippen LogP) is -1.84. The summed E-state index contributed by atoms with van der Waals surface area (Å²) in [7, 11) is 0. The molecule has 0 bridgehead atoms. The van der Waals surface area contributed by atoms with Gasteiger partial charge in [0.2, 0.25) is 0 Å². The summed E-state index contributed by atoms with van der Waals surface area (Å²) in [6.45, 7) is 0. The van der Waals surface area contributed by atoms with E-state index in [4.69, 9.17) is 15.3 Å². The van der Waals surface area contributed by atoms with Crippen molar-refractivity contribution in [1.29, 1.82) is 0 Å². The summed E-state index contributed by atoms with van der Waals surface area (Å²) in [6, 6.07) is 0. The maximum atomic E-state index is 6.81. The van der Waals surface area contributed by atoms with E-state index in [-0.39, 0.29) is 29.6 Å². The van der Waals surface area contributed by atoms with E-state index in [1.165, 1.54) is 4.91 Å². The first-order valence-corrected chi connectivity index (χ1v) is 1.28. The van der Waals surface area contributed by atoms with Crippen LogP contribution in [0.3, 0.4) is 0 Å². The molecule has 0 aliphatic rings. The van der Waals surface area contributed by atoms with Gasteiger partial charge in [-0.2, -0.15) is 0 Å². The molecule has 0 rings (SSSR count). The fraction of sp³-hybridized carbons (Fsp3) is 0. The topological polar surface area (TPSA) is 78.9 Å². The van der Waals surface area contributed by atoms with Crippen LogP contribution in [0.2, 0.25) is 0 Å². The van der Waals surface area contributed by atoms with E-state index < -0.39 is 0 Å². The molecule has 4 nitrogen and oxygen atoms in total. The molecule has 0 atom stereocenters. The molecule has 0 saturated heterocycles. The molecule has 6 heavy (non-hydrogen) atoms. The molecule has 0 aromatic carbocycles. The first-order chi connectivity index (χ1) is 2.41. The summed E-state index contributed by atoms with van der Waals surface area (Å²) in [6.07, 6.45) is 0. The number of hydrogen-bond acceptors (Lipinski definition) is 1. The van der Waals surface area contributed by atoms with E-state index in [0.29, 0.717) is 0 Å². The molecule has 0 fully saturated rings. The van der Waals surface area contributed by atoms with Crippen LogP contribution >= 0.6 is 16.3 Å². The van der Waals surface area contributed by atoms with Crippen molar-refractivity contribution in [2.24, 2.45) is 0 Å². The Balaban J connectivity index is -0.0000000275. The summed E-state index contributed by atoms with van der Waals surface area (Å²) in [5, 5.41) is 0. The van der Waals surface area contributed by atoms with E-state index in [1.807, 2.05) is 16.3 Å². The zero-order valence-corrected chi connectivity index (χ0v) is 6.75. The average Bonchev–Trinajstić information content (AvgIpc) is 1.46. The van der Waals surface area contributed by atoms with Gasteiger partial charge < -0.3 is 15.3 Å². The molecule has 0 unspecified atom stereocenters. The van der Waals surface area contributed by atoms with Crippen molar-refractivity contribution in [2.45, 2.75) is 0 Å². The number of hydrogen-bond donors (Lipinski definition) is 1. The molecule has 30 valence electrons. The van der Waals surface area contributed by atoms with Crippen LogP contribution in [-0.2, 0) is 0 Å². The molecule has 1 N–H and O–H groups in total. The summed E-state index contributed by atoms with van der Waals surface area (Å²) in [4.78, 5) is 1.50. The Morgan fingerprint density at radius 3 is 1.33 bits per heavy atom. The van der Waals surface area contributed by atoms with E-state index in [2.05, 4.69) is 0 Å². The molecule has 0 radical (unpaired) electrons. The molecule has 0 saturated carbocycles. The molecule has 0 aliphatic carbocycles. The number of nitrogens with zero attached hydrogens (tertiary/aromatic N) is 3. The second-order valence-electron chi connectivity index (χ2n) is 0.0894. The van der Waals surface area contributed by atoms with Crippen molar-refractivity contribution in [3.05, 3.63) is 16.0 Å². The zero-order valence-electron chi connectivity index (χ0n) is 3.17. The van der Waals surface area contributed by atoms with Crippen molar-refractivity contribution >= 4 is 16.3 Å². The van der Waals surface area contributed by atoms with Gasteiger partial charge in [0.1, 0.15) is 0 Å². The van der Waals surface area contributed by atoms with Crippen molar-refractivity contribution in [1.82, 2.24) is 0 Å². The van der Waals surface area contributed by atoms with Crippen LogP contribution in [0.5, 0.6) is 0 Å². The summed E-state index contributed by atoms with van der Waals surface area (Å²) in [5.74, 6) is 0. The van der Waals surface area contributed by atoms with Crippen LogP contribution in [0.4, 0.5) is 0 Å². The Kier molecular flexibility index (Phi) is 112. The number of rotatable bonds is 0. The van der Waals surface area contributed by atoms with Crippen LogP contribution in [0.25, 0.3) is 16.0 Å². The third-order valence-electron chi connectivity index (χ3n) is 0. The van der Waals surface area contributed by atoms with Crippen LogP contribution < -0.4 is 29.6 Å². The molecule has 0 spiro atoms. The Morgan fingerprint density at radius 1 is 1.33 bits per heavy atom. The second-order valence-corrected chi connectivity index (χ2v) is 0.0894. The minimum atomic E-state index is 0. The van der Waals surface area contributed by atoms with E-state index in [0.717, 1.165) is 0 Å². The standard InChI is InChI=1S/BrHO.N3.Na/c1-2;1-3-2;/h2H;;/q;-1;+1. The van der Waals surface area contributed by atoms with E-state index >= 15 is 0 Å². The molecule has 0 heterocycles. The first kappa shape index (κ1) is 15.9. The Bertz CT molecular complexity index is 31.8. The van der Waals surface area contributed by atoms with Crippen molar-refractivity contribution < 1.29 is 33.8 Å². The van der Waals surface area contributed by atoms with Gasteiger partial charge in [-0.1, -0.05) is 0 Å². The SMILES string of the molecule is OBr.[N-]=[N+]=[N-].[Na+]. The van der Waals surface area contributed by atoms with Crippen molar-refractivity contribution in [3.63, 3.8) is 0 Å². The van der Waals surface area contributed by atoms with Gasteiger partial charge in [-0.3, -0.25) is 4.91 Å². The summed E-state index contributed by atoms with van der Waals surface area (Å²) < 4.78 is 6.81. The van der Waals surface area contributed by atoms with Gasteiger partial charge in [0.25, 0.3) is 0 Å². The summed E-state index contributed by atoms with van der Waals surface area (Å²) in [5.41, 5.74) is 13.5. The third kappa shape index (κ3) is 119. The molecule has 6 heteroatoms. The van der Waals surface area contributed by atoms with Gasteiger partial charge in [0, 0.05) is 0 Å². The molecule has 0 amide bonds. The Labute approximate surface area is 65.7 Å². The maximum absolute atomic E-state index is 6.81. The van der Waals surface area contributed by atoms with Gasteiger partial charge >= 0.3 is 29.6 Å². The Hall–Kier alpha value is 0.750. The minimum absolute atomic E-state index is 0. The van der Waals surface area contributed by atoms with Crippen LogP contribution in [0, 0.1) is 0 Å². The summed E-state index contributed by atoms with van der Waals surface area (Å²) >= 11 is 1.94. The van der Waals surface area contributed by atoms with E-state index in [9.17, 15) is 0 Å². The smallest absolute Gasteiger partial charge is 0.373 e. The fourth-order valence-corrected chi connectivity index (χ4v) is 0. The zero-order chi connectivity index (χ0) is 4.71. The van der Waals surface area contributed by atoms with E-state index in [1.54, 1.807) is 0 Å². The van der Waals surface area contributed by atoms with Crippen LogP contribution in [0.15, 0.2) is 0 Å². The van der Waals surface area contributed by atoms with Gasteiger partial charge in [-0.05, 0) is 0 Å². The predicted molar refractivity (Wildman–Crippen MR) is 21.2 cm³/mol. The largest absolute Gasteiger partial charge is 1.00 e. The average molecular weight is 162 g/mol. The maximum Gasteiger partial charge on any atom is 1.00 e. The van der Waals surface area contributed by atoms with Crippen LogP contribution in [-0.4, -0.2) is 4.20 Å². The molecule has 0 aromatic heterocycles. The van der Waals surface area contributed by atoms with Gasteiger partial charge in [0.15, 0.2) is 0 Å². The number of halogens is 1. The first-order valence-electron chi connectivity index (χ1n) is 0.569. The minimum Gasteiger partial charge on any atom is -0.373 e. The van der Waals surface area contributed by atoms with Gasteiger partial charge in [-0.25, -0.2) is 0 Å². The fourth-order valence-electron chi connectivity index (χ4n) is 0. The van der Waals surface area contributed by atoms with Crippen molar-refractivity contribution in [2.75, 3.05) is 0 Å². The van der Waals surface area contributed by atoms with Crippen LogP contribution in [0.1, 0.15) is 0 Å². The van der Waals surface area contributed by atoms with Gasteiger partial charge in [0.05, 0.1) is 16.3 Å².